The number of benzene rings is 1. The summed E-state index contributed by atoms with van der Waals surface area (Å²) >= 11 is 0. The molecule has 132 valence electrons. The van der Waals surface area contributed by atoms with Crippen LogP contribution in [-0.4, -0.2) is 16.0 Å². The molecular formula is C19H24N4O2. The fraction of sp³-hybridized carbons (Fsp3) is 0.526. The summed E-state index contributed by atoms with van der Waals surface area (Å²) in [7, 11) is 0. The lowest BCUT2D eigenvalue weighted by atomic mass is 9.87. The summed E-state index contributed by atoms with van der Waals surface area (Å²) in [6.45, 7) is 0. The number of nitrogen functional groups attached to an aromatic ring is 1. The third-order valence-electron chi connectivity index (χ3n) is 5.04. The zero-order valence-electron chi connectivity index (χ0n) is 14.3. The lowest BCUT2D eigenvalue weighted by molar-refractivity contribution is -0.122. The number of carbonyl (C=O) groups excluding carboxylic acids is 1. The van der Waals surface area contributed by atoms with E-state index >= 15 is 0 Å². The lowest BCUT2D eigenvalue weighted by Crippen LogP contribution is -2.30. The van der Waals surface area contributed by atoms with Gasteiger partial charge in [0.25, 0.3) is 0 Å². The minimum absolute atomic E-state index is 0.0802. The number of aryl methyl sites for hydroxylation is 2. The molecule has 0 aliphatic heterocycles. The van der Waals surface area contributed by atoms with Gasteiger partial charge in [-0.15, -0.1) is 0 Å². The van der Waals surface area contributed by atoms with Gasteiger partial charge in [0, 0.05) is 24.4 Å². The number of anilines is 1. The Morgan fingerprint density at radius 2 is 2.20 bits per heavy atom. The van der Waals surface area contributed by atoms with Gasteiger partial charge in [-0.25, -0.2) is 0 Å². The predicted octanol–water partition coefficient (Wildman–Crippen LogP) is 3.05. The van der Waals surface area contributed by atoms with Gasteiger partial charge in [0.05, 0.1) is 6.04 Å². The van der Waals surface area contributed by atoms with Crippen LogP contribution in [0.25, 0.3) is 0 Å². The van der Waals surface area contributed by atoms with Crippen LogP contribution in [0.5, 0.6) is 0 Å². The van der Waals surface area contributed by atoms with E-state index in [0.29, 0.717) is 24.7 Å². The maximum Gasteiger partial charge on any atom is 0.226 e. The van der Waals surface area contributed by atoms with Gasteiger partial charge in [0.1, 0.15) is 0 Å². The van der Waals surface area contributed by atoms with E-state index in [1.165, 1.54) is 11.1 Å². The minimum Gasteiger partial charge on any atom is -0.399 e. The fourth-order valence-electron chi connectivity index (χ4n) is 3.53. The molecule has 2 aromatic rings. The van der Waals surface area contributed by atoms with Gasteiger partial charge in [0.2, 0.25) is 11.8 Å². The van der Waals surface area contributed by atoms with Crippen molar-refractivity contribution >= 4 is 11.6 Å². The van der Waals surface area contributed by atoms with E-state index in [-0.39, 0.29) is 11.9 Å². The molecule has 6 heteroatoms. The number of aromatic nitrogens is 2. The molecule has 1 aromatic heterocycles. The van der Waals surface area contributed by atoms with Crippen molar-refractivity contribution in [2.24, 2.45) is 0 Å². The molecule has 2 aliphatic rings. The monoisotopic (exact) mass is 340 g/mol. The van der Waals surface area contributed by atoms with E-state index in [1.807, 2.05) is 18.2 Å². The van der Waals surface area contributed by atoms with Crippen molar-refractivity contribution in [2.45, 2.75) is 63.3 Å². The Bertz CT molecular complexity index is 767. The van der Waals surface area contributed by atoms with Crippen LogP contribution < -0.4 is 11.1 Å². The topological polar surface area (TPSA) is 94.0 Å². The highest BCUT2D eigenvalue weighted by molar-refractivity contribution is 5.76. The molecule has 1 amide bonds. The van der Waals surface area contributed by atoms with Gasteiger partial charge >= 0.3 is 0 Å². The minimum atomic E-state index is 0.0802. The smallest absolute Gasteiger partial charge is 0.226 e. The number of nitrogens with two attached hydrogens (primary N) is 1. The molecule has 1 atom stereocenters. The first-order chi connectivity index (χ1) is 12.2. The molecule has 2 aliphatic carbocycles. The van der Waals surface area contributed by atoms with Gasteiger partial charge in [0.15, 0.2) is 5.82 Å². The van der Waals surface area contributed by atoms with Crippen LogP contribution in [0.3, 0.4) is 0 Å². The SMILES string of the molecule is Nc1ccc2c(c1)CCCC2NC(=O)CCCc1nc(C2CC2)no1. The van der Waals surface area contributed by atoms with E-state index in [0.717, 1.165) is 50.0 Å². The molecule has 1 unspecified atom stereocenters. The molecular weight excluding hydrogens is 316 g/mol. The second kappa shape index (κ2) is 6.86. The average molecular weight is 340 g/mol. The van der Waals surface area contributed by atoms with Crippen LogP contribution >= 0.6 is 0 Å². The van der Waals surface area contributed by atoms with Crippen molar-refractivity contribution in [3.05, 3.63) is 41.0 Å². The molecule has 1 aromatic carbocycles. The molecule has 3 N–H and O–H groups in total. The van der Waals surface area contributed by atoms with Crippen molar-refractivity contribution in [2.75, 3.05) is 5.73 Å². The van der Waals surface area contributed by atoms with Gasteiger partial charge in [-0.2, -0.15) is 4.98 Å². The Morgan fingerprint density at radius 3 is 3.04 bits per heavy atom. The maximum atomic E-state index is 12.3. The quantitative estimate of drug-likeness (QED) is 0.788. The lowest BCUT2D eigenvalue weighted by Gasteiger charge is -2.26. The molecule has 1 fully saturated rings. The number of nitrogens with one attached hydrogen (secondary N) is 1. The maximum absolute atomic E-state index is 12.3. The molecule has 0 spiro atoms. The van der Waals surface area contributed by atoms with E-state index in [9.17, 15) is 4.79 Å². The summed E-state index contributed by atoms with van der Waals surface area (Å²) in [4.78, 5) is 16.7. The molecule has 0 saturated heterocycles. The first-order valence-electron chi connectivity index (χ1n) is 9.19. The largest absolute Gasteiger partial charge is 0.399 e. The third kappa shape index (κ3) is 3.83. The summed E-state index contributed by atoms with van der Waals surface area (Å²) in [6.07, 6.45) is 7.27. The number of hydrogen-bond acceptors (Lipinski definition) is 5. The molecule has 4 rings (SSSR count). The number of rotatable bonds is 6. The molecule has 0 radical (unpaired) electrons. The number of fused-ring (bicyclic) bond motifs is 1. The highest BCUT2D eigenvalue weighted by Crippen LogP contribution is 2.38. The zero-order chi connectivity index (χ0) is 17.2. The Morgan fingerprint density at radius 1 is 1.32 bits per heavy atom. The van der Waals surface area contributed by atoms with Crippen LogP contribution in [0.1, 0.15) is 73.3 Å². The van der Waals surface area contributed by atoms with Crippen LogP contribution in [0, 0.1) is 0 Å². The second-order valence-corrected chi connectivity index (χ2v) is 7.14. The van der Waals surface area contributed by atoms with Gasteiger partial charge in [-0.1, -0.05) is 11.2 Å². The van der Waals surface area contributed by atoms with Crippen molar-refractivity contribution in [3.8, 4) is 0 Å². The first kappa shape index (κ1) is 16.1. The van der Waals surface area contributed by atoms with Gasteiger partial charge < -0.3 is 15.6 Å². The van der Waals surface area contributed by atoms with Crippen molar-refractivity contribution in [1.29, 1.82) is 0 Å². The summed E-state index contributed by atoms with van der Waals surface area (Å²) < 4.78 is 5.25. The highest BCUT2D eigenvalue weighted by atomic mass is 16.5. The number of hydrogen-bond donors (Lipinski definition) is 2. The number of nitrogens with zero attached hydrogens (tertiary/aromatic N) is 2. The number of carbonyl (C=O) groups is 1. The summed E-state index contributed by atoms with van der Waals surface area (Å²) in [5, 5.41) is 7.17. The van der Waals surface area contributed by atoms with E-state index < -0.39 is 0 Å². The Balaban J connectivity index is 1.27. The van der Waals surface area contributed by atoms with Crippen LogP contribution in [-0.2, 0) is 17.6 Å². The fourth-order valence-corrected chi connectivity index (χ4v) is 3.53. The molecule has 6 nitrogen and oxygen atoms in total. The molecule has 1 heterocycles. The first-order valence-corrected chi connectivity index (χ1v) is 9.19. The predicted molar refractivity (Wildman–Crippen MR) is 93.9 cm³/mol. The molecule has 1 saturated carbocycles. The van der Waals surface area contributed by atoms with Crippen LogP contribution in [0.15, 0.2) is 22.7 Å². The summed E-state index contributed by atoms with van der Waals surface area (Å²) in [5.74, 6) is 2.06. The van der Waals surface area contributed by atoms with Gasteiger partial charge in [-0.3, -0.25) is 4.79 Å². The second-order valence-electron chi connectivity index (χ2n) is 7.14. The standard InChI is InChI=1S/C19H24N4O2/c20-14-9-10-15-13(11-14)3-1-4-16(15)21-17(24)5-2-6-18-22-19(23-25-18)12-7-8-12/h9-12,16H,1-8,20H2,(H,21,24). The van der Waals surface area contributed by atoms with Crippen LogP contribution in [0.2, 0.25) is 0 Å². The third-order valence-corrected chi connectivity index (χ3v) is 5.04. The van der Waals surface area contributed by atoms with Crippen molar-refractivity contribution in [3.63, 3.8) is 0 Å². The van der Waals surface area contributed by atoms with E-state index in [2.05, 4.69) is 15.5 Å². The summed E-state index contributed by atoms with van der Waals surface area (Å²) in [5.41, 5.74) is 9.12. The highest BCUT2D eigenvalue weighted by Gasteiger charge is 2.28. The molecule has 25 heavy (non-hydrogen) atoms. The Kier molecular flexibility index (Phi) is 4.42. The average Bonchev–Trinajstić information content (AvgIpc) is 3.34. The number of amides is 1. The van der Waals surface area contributed by atoms with E-state index in [4.69, 9.17) is 10.3 Å². The van der Waals surface area contributed by atoms with Gasteiger partial charge in [-0.05, 0) is 61.8 Å². The van der Waals surface area contributed by atoms with Crippen LogP contribution in [0.4, 0.5) is 5.69 Å². The molecule has 0 bridgehead atoms. The summed E-state index contributed by atoms with van der Waals surface area (Å²) in [6, 6.07) is 6.09. The Labute approximate surface area is 147 Å². The van der Waals surface area contributed by atoms with Crippen molar-refractivity contribution < 1.29 is 9.32 Å². The van der Waals surface area contributed by atoms with E-state index in [1.54, 1.807) is 0 Å². The normalized spacial score (nSPS) is 19.4. The van der Waals surface area contributed by atoms with Crippen molar-refractivity contribution in [1.82, 2.24) is 15.5 Å². The zero-order valence-corrected chi connectivity index (χ0v) is 14.3. The Hall–Kier alpha value is -2.37.